The second-order valence-electron chi connectivity index (χ2n) is 5.90. The lowest BCUT2D eigenvalue weighted by Gasteiger charge is -2.27. The van der Waals surface area contributed by atoms with Gasteiger partial charge in [-0.15, -0.1) is 0 Å². The van der Waals surface area contributed by atoms with Crippen LogP contribution >= 0.6 is 0 Å². The minimum absolute atomic E-state index is 0.0171. The average Bonchev–Trinajstić information content (AvgIpc) is 2.61. The van der Waals surface area contributed by atoms with E-state index in [1.165, 1.54) is 6.42 Å². The predicted molar refractivity (Wildman–Crippen MR) is 94.5 cm³/mol. The molecule has 0 bridgehead atoms. The van der Waals surface area contributed by atoms with Crippen LogP contribution in [0.3, 0.4) is 0 Å². The molecule has 1 aliphatic rings. The van der Waals surface area contributed by atoms with Crippen molar-refractivity contribution >= 4 is 17.5 Å². The number of hydrogen-bond donors (Lipinski definition) is 2. The highest BCUT2D eigenvalue weighted by atomic mass is 16.5. The highest BCUT2D eigenvalue weighted by Crippen LogP contribution is 2.27. The Morgan fingerprint density at radius 1 is 1.21 bits per heavy atom. The Labute approximate surface area is 143 Å². The summed E-state index contributed by atoms with van der Waals surface area (Å²) in [5.41, 5.74) is 1.14. The van der Waals surface area contributed by atoms with Crippen molar-refractivity contribution in [2.24, 2.45) is 0 Å². The fourth-order valence-corrected chi connectivity index (χ4v) is 2.77. The van der Waals surface area contributed by atoms with E-state index in [2.05, 4.69) is 10.6 Å². The number of likely N-dealkylation sites (tertiary alicyclic amines) is 1. The van der Waals surface area contributed by atoms with E-state index in [-0.39, 0.29) is 11.8 Å². The molecule has 2 N–H and O–H groups in total. The van der Waals surface area contributed by atoms with Gasteiger partial charge in [0.25, 0.3) is 5.91 Å². The highest BCUT2D eigenvalue weighted by Gasteiger charge is 2.20. The minimum Gasteiger partial charge on any atom is -0.492 e. The zero-order valence-corrected chi connectivity index (χ0v) is 14.6. The number of anilines is 1. The highest BCUT2D eigenvalue weighted by molar-refractivity contribution is 5.98. The van der Waals surface area contributed by atoms with Crippen molar-refractivity contribution < 1.29 is 14.3 Å². The maximum atomic E-state index is 12.6. The zero-order chi connectivity index (χ0) is 17.4. The Kier molecular flexibility index (Phi) is 7.06. The third-order valence-electron chi connectivity index (χ3n) is 4.05. The molecule has 1 aromatic carbocycles. The molecule has 132 valence electrons. The predicted octanol–water partition coefficient (Wildman–Crippen LogP) is 2.26. The van der Waals surface area contributed by atoms with Crippen molar-refractivity contribution in [3.05, 3.63) is 23.8 Å². The summed E-state index contributed by atoms with van der Waals surface area (Å²) >= 11 is 0. The first-order valence-corrected chi connectivity index (χ1v) is 8.66. The largest absolute Gasteiger partial charge is 0.492 e. The number of nitrogens with zero attached hydrogens (tertiary/aromatic N) is 1. The van der Waals surface area contributed by atoms with Crippen molar-refractivity contribution in [2.45, 2.75) is 32.6 Å². The molecule has 0 spiro atoms. The van der Waals surface area contributed by atoms with Crippen LogP contribution in [-0.4, -0.2) is 50.0 Å². The molecular weight excluding hydrogens is 306 g/mol. The van der Waals surface area contributed by atoms with Crippen LogP contribution in [0.4, 0.5) is 5.69 Å². The summed E-state index contributed by atoms with van der Waals surface area (Å²) in [6.07, 6.45) is 3.65. The van der Waals surface area contributed by atoms with E-state index < -0.39 is 0 Å². The van der Waals surface area contributed by atoms with Crippen LogP contribution in [-0.2, 0) is 4.79 Å². The Bertz CT molecular complexity index is 569. The maximum Gasteiger partial charge on any atom is 0.253 e. The van der Waals surface area contributed by atoms with Crippen LogP contribution in [0.5, 0.6) is 5.75 Å². The number of carbonyl (C=O) groups is 2. The molecule has 0 unspecified atom stereocenters. The standard InChI is InChI=1S/C18H27N3O3/c1-3-24-16-8-7-14(18(23)21-11-5-4-6-12-21)13-15(16)20-17(22)9-10-19-2/h7-8,13,19H,3-6,9-12H2,1-2H3,(H,20,22). The second-order valence-corrected chi connectivity index (χ2v) is 5.90. The zero-order valence-electron chi connectivity index (χ0n) is 14.6. The fourth-order valence-electron chi connectivity index (χ4n) is 2.77. The van der Waals surface area contributed by atoms with E-state index in [1.807, 2.05) is 11.8 Å². The molecule has 0 aliphatic carbocycles. The Morgan fingerprint density at radius 2 is 1.96 bits per heavy atom. The number of nitrogens with one attached hydrogen (secondary N) is 2. The van der Waals surface area contributed by atoms with Gasteiger partial charge in [0.1, 0.15) is 5.75 Å². The third-order valence-corrected chi connectivity index (χ3v) is 4.05. The number of carbonyl (C=O) groups excluding carboxylic acids is 2. The molecule has 1 fully saturated rings. The molecule has 2 amide bonds. The number of rotatable bonds is 7. The van der Waals surface area contributed by atoms with Crippen molar-refractivity contribution in [1.82, 2.24) is 10.2 Å². The molecular formula is C18H27N3O3. The number of hydrogen-bond acceptors (Lipinski definition) is 4. The van der Waals surface area contributed by atoms with Gasteiger partial charge in [-0.3, -0.25) is 9.59 Å². The lowest BCUT2D eigenvalue weighted by Crippen LogP contribution is -2.35. The number of piperidine rings is 1. The van der Waals surface area contributed by atoms with Crippen molar-refractivity contribution in [2.75, 3.05) is 38.6 Å². The van der Waals surface area contributed by atoms with Crippen LogP contribution in [0.15, 0.2) is 18.2 Å². The quantitative estimate of drug-likeness (QED) is 0.803. The van der Waals surface area contributed by atoms with Gasteiger partial charge >= 0.3 is 0 Å². The summed E-state index contributed by atoms with van der Waals surface area (Å²) in [5, 5.41) is 5.80. The molecule has 6 heteroatoms. The monoisotopic (exact) mass is 333 g/mol. The summed E-state index contributed by atoms with van der Waals surface area (Å²) in [7, 11) is 1.80. The van der Waals surface area contributed by atoms with Gasteiger partial charge in [-0.2, -0.15) is 0 Å². The molecule has 0 saturated carbocycles. The van der Waals surface area contributed by atoms with Crippen LogP contribution in [0.25, 0.3) is 0 Å². The minimum atomic E-state index is -0.104. The van der Waals surface area contributed by atoms with Crippen LogP contribution in [0.1, 0.15) is 43.0 Å². The Balaban J connectivity index is 2.16. The number of ether oxygens (including phenoxy) is 1. The summed E-state index contributed by atoms with van der Waals surface area (Å²) < 4.78 is 5.57. The van der Waals surface area contributed by atoms with Gasteiger partial charge in [0.2, 0.25) is 5.91 Å². The summed E-state index contributed by atoms with van der Waals surface area (Å²) in [4.78, 5) is 26.5. The Morgan fingerprint density at radius 3 is 2.62 bits per heavy atom. The van der Waals surface area contributed by atoms with Crippen LogP contribution < -0.4 is 15.4 Å². The average molecular weight is 333 g/mol. The van der Waals surface area contributed by atoms with E-state index >= 15 is 0 Å². The van der Waals surface area contributed by atoms with E-state index in [9.17, 15) is 9.59 Å². The molecule has 24 heavy (non-hydrogen) atoms. The molecule has 0 radical (unpaired) electrons. The smallest absolute Gasteiger partial charge is 0.253 e. The normalized spacial score (nSPS) is 14.3. The second kappa shape index (κ2) is 9.27. The van der Waals surface area contributed by atoms with E-state index in [4.69, 9.17) is 4.74 Å². The number of benzene rings is 1. The maximum absolute atomic E-state index is 12.6. The van der Waals surface area contributed by atoms with Gasteiger partial charge in [0.15, 0.2) is 0 Å². The SMILES string of the molecule is CCOc1ccc(C(=O)N2CCCCC2)cc1NC(=O)CCNC. The first-order chi connectivity index (χ1) is 11.7. The van der Waals surface area contributed by atoms with E-state index in [0.717, 1.165) is 25.9 Å². The summed E-state index contributed by atoms with van der Waals surface area (Å²) in [6, 6.07) is 5.25. The van der Waals surface area contributed by atoms with Crippen LogP contribution in [0.2, 0.25) is 0 Å². The topological polar surface area (TPSA) is 70.7 Å². The fraction of sp³-hybridized carbons (Fsp3) is 0.556. The molecule has 0 aromatic heterocycles. The van der Waals surface area contributed by atoms with Gasteiger partial charge in [-0.05, 0) is 51.4 Å². The molecule has 1 aliphatic heterocycles. The summed E-state index contributed by atoms with van der Waals surface area (Å²) in [6.45, 7) is 4.59. The van der Waals surface area contributed by atoms with Gasteiger partial charge < -0.3 is 20.3 Å². The molecule has 1 saturated heterocycles. The Hall–Kier alpha value is -2.08. The van der Waals surface area contributed by atoms with Crippen molar-refractivity contribution in [3.8, 4) is 5.75 Å². The lowest BCUT2D eigenvalue weighted by atomic mass is 10.1. The van der Waals surface area contributed by atoms with E-state index in [0.29, 0.717) is 36.6 Å². The van der Waals surface area contributed by atoms with Gasteiger partial charge in [-0.25, -0.2) is 0 Å². The first kappa shape index (κ1) is 18.3. The van der Waals surface area contributed by atoms with Crippen molar-refractivity contribution in [3.63, 3.8) is 0 Å². The molecule has 0 atom stereocenters. The van der Waals surface area contributed by atoms with Gasteiger partial charge in [0, 0.05) is 31.6 Å². The third kappa shape index (κ3) is 4.96. The molecule has 1 heterocycles. The summed E-state index contributed by atoms with van der Waals surface area (Å²) in [5.74, 6) is 0.502. The van der Waals surface area contributed by atoms with Crippen molar-refractivity contribution in [1.29, 1.82) is 0 Å². The van der Waals surface area contributed by atoms with Gasteiger partial charge in [-0.1, -0.05) is 0 Å². The first-order valence-electron chi connectivity index (χ1n) is 8.66. The van der Waals surface area contributed by atoms with E-state index in [1.54, 1.807) is 25.2 Å². The van der Waals surface area contributed by atoms with Gasteiger partial charge in [0.05, 0.1) is 12.3 Å². The van der Waals surface area contributed by atoms with Crippen LogP contribution in [0, 0.1) is 0 Å². The number of amides is 2. The molecule has 6 nitrogen and oxygen atoms in total. The molecule has 1 aromatic rings. The molecule has 2 rings (SSSR count). The lowest BCUT2D eigenvalue weighted by molar-refractivity contribution is -0.116.